The van der Waals surface area contributed by atoms with E-state index in [4.69, 9.17) is 15.7 Å². The summed E-state index contributed by atoms with van der Waals surface area (Å²) in [5.41, 5.74) is -0.923. The first-order valence-corrected chi connectivity index (χ1v) is 22.6. The van der Waals surface area contributed by atoms with Crippen LogP contribution in [0.5, 0.6) is 5.75 Å². The summed E-state index contributed by atoms with van der Waals surface area (Å²) in [5, 5.41) is 8.37. The number of anilines is 5. The van der Waals surface area contributed by atoms with Crippen molar-refractivity contribution in [3.8, 4) is 5.75 Å². The van der Waals surface area contributed by atoms with Crippen molar-refractivity contribution in [3.05, 3.63) is 89.4 Å². The number of halogens is 1. The van der Waals surface area contributed by atoms with E-state index in [0.29, 0.717) is 83.8 Å². The monoisotopic (exact) mass is 918 g/mol. The summed E-state index contributed by atoms with van der Waals surface area (Å²) < 4.78 is 122. The Bertz CT molecular complexity index is 2930. The second-order valence-electron chi connectivity index (χ2n) is 17.2. The van der Waals surface area contributed by atoms with Crippen LogP contribution in [0.25, 0.3) is 0 Å². The van der Waals surface area contributed by atoms with Crippen molar-refractivity contribution in [2.75, 3.05) is 74.3 Å². The number of amides is 4. The summed E-state index contributed by atoms with van der Waals surface area (Å²) in [6.45, 7) is -4.69. The minimum Gasteiger partial charge on any atom is -0.492 e. The summed E-state index contributed by atoms with van der Waals surface area (Å²) in [7, 11) is -3.76. The maximum atomic E-state index is 15.8. The Hall–Kier alpha value is -6.02. The van der Waals surface area contributed by atoms with Crippen LogP contribution in [0.2, 0.25) is 0 Å². The van der Waals surface area contributed by atoms with Crippen LogP contribution in [0.1, 0.15) is 83.7 Å². The molecule has 5 heterocycles. The fourth-order valence-corrected chi connectivity index (χ4v) is 9.30. The van der Waals surface area contributed by atoms with Gasteiger partial charge in [-0.3, -0.25) is 39.2 Å². The normalized spacial score (nSPS) is 24.0. The van der Waals surface area contributed by atoms with Crippen LogP contribution in [0.15, 0.2) is 71.8 Å². The number of benzene rings is 3. The van der Waals surface area contributed by atoms with Gasteiger partial charge in [0.15, 0.2) is 0 Å². The highest BCUT2D eigenvalue weighted by Gasteiger charge is 2.46. The Balaban J connectivity index is 0.849. The first-order chi connectivity index (χ1) is 34.0. The van der Waals surface area contributed by atoms with E-state index in [1.165, 1.54) is 12.1 Å². The van der Waals surface area contributed by atoms with Crippen LogP contribution < -0.4 is 30.3 Å². The number of likely N-dealkylation sites (tertiary alicyclic amines) is 1. The molecule has 0 aliphatic carbocycles. The predicted octanol–water partition coefficient (Wildman–Crippen LogP) is 4.80. The van der Waals surface area contributed by atoms with Crippen LogP contribution in [0, 0.1) is 18.7 Å². The minimum absolute atomic E-state index is 0.104. The summed E-state index contributed by atoms with van der Waals surface area (Å²) in [6, 6.07) is 13.4. The summed E-state index contributed by atoms with van der Waals surface area (Å²) in [4.78, 5) is 63.5. The Morgan fingerprint density at radius 1 is 0.908 bits per heavy atom. The van der Waals surface area contributed by atoms with Crippen molar-refractivity contribution >= 4 is 62.5 Å². The number of hydrogen-bond acceptors (Lipinski definition) is 14. The number of ether oxygens (including phenoxy) is 1. The first-order valence-electron chi connectivity index (χ1n) is 25.1. The minimum atomic E-state index is -3.76. The van der Waals surface area contributed by atoms with Gasteiger partial charge in [-0.25, -0.2) is 22.5 Å². The molecule has 65 heavy (non-hydrogen) atoms. The molecule has 1 aromatic heterocycles. The lowest BCUT2D eigenvalue weighted by molar-refractivity contribution is -0.136. The third kappa shape index (κ3) is 10.8. The van der Waals surface area contributed by atoms with Crippen LogP contribution in [0.4, 0.5) is 33.2 Å². The summed E-state index contributed by atoms with van der Waals surface area (Å²) in [5.74, 6) is -4.38. The smallest absolute Gasteiger partial charge is 0.265 e. The van der Waals surface area contributed by atoms with Gasteiger partial charge in [0.2, 0.25) is 27.8 Å². The number of hydrogen-bond donors (Lipinski definition) is 4. The molecule has 3 saturated heterocycles. The quantitative estimate of drug-likeness (QED) is 0.126. The lowest BCUT2D eigenvalue weighted by Crippen LogP contribution is -2.54. The van der Waals surface area contributed by atoms with E-state index in [0.717, 1.165) is 11.6 Å². The first kappa shape index (κ1) is 36.2. The molecule has 344 valence electrons. The second kappa shape index (κ2) is 18.8. The predicted molar refractivity (Wildman–Crippen MR) is 243 cm³/mol. The van der Waals surface area contributed by atoms with E-state index < -0.39 is 93.9 Å². The highest BCUT2D eigenvalue weighted by atomic mass is 32.2. The molecule has 1 atom stereocenters. The Morgan fingerprint density at radius 3 is 2.35 bits per heavy atom. The molecule has 0 saturated carbocycles. The lowest BCUT2D eigenvalue weighted by atomic mass is 9.96. The average molecular weight is 919 g/mol. The summed E-state index contributed by atoms with van der Waals surface area (Å²) in [6.07, 6.45) is 2.08. The maximum Gasteiger partial charge on any atom is 0.265 e. The van der Waals surface area contributed by atoms with Gasteiger partial charge in [0.1, 0.15) is 30.0 Å². The Kier molecular flexibility index (Phi) is 10.5. The van der Waals surface area contributed by atoms with E-state index in [9.17, 15) is 27.6 Å². The molecular weight excluding hydrogens is 856 g/mol. The molecule has 4 amide bonds. The van der Waals surface area contributed by atoms with Crippen molar-refractivity contribution in [3.63, 3.8) is 0 Å². The number of sulfonamides is 1. The number of rotatable bonds is 14. The fraction of sp³-hybridized carbons (Fsp3) is 0.435. The van der Waals surface area contributed by atoms with Crippen molar-refractivity contribution in [2.45, 2.75) is 69.9 Å². The van der Waals surface area contributed by atoms with E-state index in [1.807, 2.05) is 12.2 Å². The number of carbonyl (C=O) groups is 4. The molecule has 1 unspecified atom stereocenters. The molecule has 17 nitrogen and oxygen atoms in total. The number of piperazine rings is 1. The number of aryl methyl sites for hydroxylation is 1. The molecule has 3 fully saturated rings. The standard InChI is InChI=1S/C46H55FN10O7S/c1-29-27-48-45(52-41(29)49-32-6-5-7-35(24-32)65(62,63)53-46(2,3)4)50-31-8-10-34(11-9-31)64-23-22-54-16-14-30(15-17-54)28-55-18-20-56(21-19-55)33-25-36-40(37(47)26-33)44(61)57(43(36)60)38-12-13-39(58)51-42(38)59/h5-11,24-27,30,38,53H,12-23,28H2,1-4H3,(H,51,58,59)(H2,48,49,50,52)/i18D2,19D2,20D2,21D2. The van der Waals surface area contributed by atoms with Crippen molar-refractivity contribution < 1.29 is 47.7 Å². The number of aromatic nitrogens is 2. The topological polar surface area (TPSA) is 199 Å². The average Bonchev–Trinajstić information content (AvgIpc) is 3.54. The van der Waals surface area contributed by atoms with Crippen LogP contribution in [0.3, 0.4) is 0 Å². The van der Waals surface area contributed by atoms with Crippen molar-refractivity contribution in [2.24, 2.45) is 5.92 Å². The van der Waals surface area contributed by atoms with Gasteiger partial charge in [0.05, 0.1) is 21.5 Å². The highest BCUT2D eigenvalue weighted by molar-refractivity contribution is 7.89. The molecule has 0 radical (unpaired) electrons. The van der Waals surface area contributed by atoms with Gasteiger partial charge < -0.3 is 20.3 Å². The van der Waals surface area contributed by atoms with Crippen LogP contribution in [-0.4, -0.2) is 127 Å². The van der Waals surface area contributed by atoms with E-state index in [-0.39, 0.29) is 35.1 Å². The van der Waals surface area contributed by atoms with Crippen LogP contribution >= 0.6 is 0 Å². The number of nitrogens with zero attached hydrogens (tertiary/aromatic N) is 6. The molecule has 4 N–H and O–H groups in total. The van der Waals surface area contributed by atoms with Gasteiger partial charge >= 0.3 is 0 Å². The number of fused-ring (bicyclic) bond motifs is 1. The zero-order chi connectivity index (χ0) is 53.2. The molecular formula is C46H55FN10O7S. The Labute approximate surface area is 389 Å². The van der Waals surface area contributed by atoms with Gasteiger partial charge in [-0.2, -0.15) is 4.98 Å². The highest BCUT2D eigenvalue weighted by Crippen LogP contribution is 2.34. The van der Waals surface area contributed by atoms with Gasteiger partial charge in [-0.15, -0.1) is 0 Å². The zero-order valence-electron chi connectivity index (χ0n) is 44.2. The Morgan fingerprint density at radius 2 is 1.65 bits per heavy atom. The molecule has 4 aliphatic rings. The molecule has 3 aromatic carbocycles. The molecule has 0 spiro atoms. The molecule has 4 aliphatic heterocycles. The number of nitrogens with one attached hydrogen (secondary N) is 4. The fourth-order valence-electron chi connectivity index (χ4n) is 7.83. The third-order valence-electron chi connectivity index (χ3n) is 11.1. The number of carbonyl (C=O) groups excluding carboxylic acids is 4. The summed E-state index contributed by atoms with van der Waals surface area (Å²) >= 11 is 0. The number of imide groups is 2. The third-order valence-corrected chi connectivity index (χ3v) is 12.8. The van der Waals surface area contributed by atoms with Gasteiger partial charge in [-0.1, -0.05) is 6.07 Å². The molecule has 4 aromatic rings. The van der Waals surface area contributed by atoms with Gasteiger partial charge in [0.25, 0.3) is 11.8 Å². The second-order valence-corrected chi connectivity index (χ2v) is 18.9. The zero-order valence-corrected chi connectivity index (χ0v) is 37.0. The van der Waals surface area contributed by atoms with Gasteiger partial charge in [0, 0.05) is 85.3 Å². The van der Waals surface area contributed by atoms with E-state index in [1.54, 1.807) is 63.4 Å². The van der Waals surface area contributed by atoms with Crippen molar-refractivity contribution in [1.82, 2.24) is 34.7 Å². The van der Waals surface area contributed by atoms with E-state index >= 15 is 4.39 Å². The van der Waals surface area contributed by atoms with E-state index in [2.05, 4.69) is 30.2 Å². The number of piperidine rings is 2. The maximum absolute atomic E-state index is 15.8. The molecule has 8 rings (SSSR count). The lowest BCUT2D eigenvalue weighted by Gasteiger charge is -2.39. The van der Waals surface area contributed by atoms with Crippen LogP contribution in [-0.2, 0) is 19.6 Å². The molecule has 0 bridgehead atoms. The van der Waals surface area contributed by atoms with Crippen molar-refractivity contribution in [1.29, 1.82) is 0 Å². The van der Waals surface area contributed by atoms with Gasteiger partial charge in [-0.05, 0) is 121 Å². The largest absolute Gasteiger partial charge is 0.492 e. The SMILES string of the molecule is [2H]C1([2H])N(CC2CCN(CCOc3ccc(Nc4ncc(C)c(Nc5cccc(S(=O)(=O)NC(C)(C)C)c5)n4)cc3)CC2)C([2H])([2H])C([2H])([2H])N(c2cc(F)c3c(c2)C(=O)N(C2CCC(=O)NC2=O)C3=O)C1([2H])[2H]. The molecule has 19 heteroatoms.